The lowest BCUT2D eigenvalue weighted by atomic mass is 9.94. The summed E-state index contributed by atoms with van der Waals surface area (Å²) in [6.07, 6.45) is 1.19. The van der Waals surface area contributed by atoms with Gasteiger partial charge in [-0.15, -0.1) is 0 Å². The number of rotatable bonds is 8. The second-order valence-electron chi connectivity index (χ2n) is 5.47. The molecule has 2 aromatic rings. The van der Waals surface area contributed by atoms with E-state index in [1.807, 2.05) is 49.4 Å². The number of aliphatic carboxylic acids is 1. The lowest BCUT2D eigenvalue weighted by Crippen LogP contribution is -2.13. The molecule has 0 aliphatic rings. The number of aryl methyl sites for hydroxylation is 1. The third-order valence-corrected chi connectivity index (χ3v) is 3.72. The average Bonchev–Trinajstić information content (AvgIpc) is 2.56. The van der Waals surface area contributed by atoms with Crippen molar-refractivity contribution in [1.29, 1.82) is 0 Å². The number of hydrogen-bond acceptors (Lipinski definition) is 3. The van der Waals surface area contributed by atoms with Crippen molar-refractivity contribution in [3.8, 4) is 11.5 Å². The van der Waals surface area contributed by atoms with Gasteiger partial charge >= 0.3 is 5.97 Å². The average molecular weight is 314 g/mol. The van der Waals surface area contributed by atoms with E-state index in [9.17, 15) is 9.90 Å². The van der Waals surface area contributed by atoms with Crippen molar-refractivity contribution in [2.45, 2.75) is 25.7 Å². The maximum absolute atomic E-state index is 11.5. The number of benzene rings is 2. The fraction of sp³-hybridized carbons (Fsp3) is 0.316. The molecular weight excluding hydrogens is 292 g/mol. The van der Waals surface area contributed by atoms with Gasteiger partial charge in [-0.25, -0.2) is 0 Å². The van der Waals surface area contributed by atoms with Crippen LogP contribution in [0, 0.1) is 6.92 Å². The van der Waals surface area contributed by atoms with E-state index >= 15 is 0 Å². The Morgan fingerprint density at radius 2 is 1.87 bits per heavy atom. The van der Waals surface area contributed by atoms with E-state index in [4.69, 9.17) is 9.47 Å². The highest BCUT2D eigenvalue weighted by Gasteiger charge is 2.19. The first-order valence-electron chi connectivity index (χ1n) is 7.66. The second kappa shape index (κ2) is 8.22. The third-order valence-electron chi connectivity index (χ3n) is 3.72. The molecule has 1 unspecified atom stereocenters. The standard InChI is InChI=1S/C19H22O4/c1-14-8-10-16(11-9-14)23-12-4-7-18(19(20)21)15-5-3-6-17(13-15)22-2/h3,5-6,8-11,13,18H,4,7,12H2,1-2H3,(H,20,21). The van der Waals surface area contributed by atoms with Gasteiger partial charge < -0.3 is 14.6 Å². The first-order valence-corrected chi connectivity index (χ1v) is 7.66. The Labute approximate surface area is 136 Å². The zero-order valence-electron chi connectivity index (χ0n) is 13.5. The Kier molecular flexibility index (Phi) is 6.03. The molecule has 4 nitrogen and oxygen atoms in total. The number of carboxylic acid groups (broad SMARTS) is 1. The van der Waals surface area contributed by atoms with E-state index in [1.54, 1.807) is 13.2 Å². The van der Waals surface area contributed by atoms with Crippen LogP contribution in [0.1, 0.15) is 29.9 Å². The minimum absolute atomic E-state index is 0.497. The molecule has 2 rings (SSSR count). The van der Waals surface area contributed by atoms with E-state index in [0.717, 1.165) is 11.3 Å². The van der Waals surface area contributed by atoms with Crippen LogP contribution in [0.2, 0.25) is 0 Å². The van der Waals surface area contributed by atoms with Crippen LogP contribution in [0.3, 0.4) is 0 Å². The van der Waals surface area contributed by atoms with Gasteiger partial charge in [-0.3, -0.25) is 4.79 Å². The summed E-state index contributed by atoms with van der Waals surface area (Å²) < 4.78 is 10.8. The van der Waals surface area contributed by atoms with Gasteiger partial charge in [0.15, 0.2) is 0 Å². The van der Waals surface area contributed by atoms with Crippen molar-refractivity contribution in [3.05, 3.63) is 59.7 Å². The zero-order valence-corrected chi connectivity index (χ0v) is 13.5. The zero-order chi connectivity index (χ0) is 16.7. The van der Waals surface area contributed by atoms with E-state index in [0.29, 0.717) is 25.2 Å². The van der Waals surface area contributed by atoms with E-state index < -0.39 is 11.9 Å². The number of hydrogen-bond donors (Lipinski definition) is 1. The third kappa shape index (κ3) is 5.02. The van der Waals surface area contributed by atoms with Crippen molar-refractivity contribution in [1.82, 2.24) is 0 Å². The van der Waals surface area contributed by atoms with Crippen LogP contribution in [-0.4, -0.2) is 24.8 Å². The number of ether oxygens (including phenoxy) is 2. The highest BCUT2D eigenvalue weighted by atomic mass is 16.5. The Bertz CT molecular complexity index is 634. The van der Waals surface area contributed by atoms with Gasteiger partial charge in [-0.1, -0.05) is 29.8 Å². The van der Waals surface area contributed by atoms with Gasteiger partial charge in [-0.05, 0) is 49.6 Å². The first-order chi connectivity index (χ1) is 11.1. The van der Waals surface area contributed by atoms with Gasteiger partial charge in [-0.2, -0.15) is 0 Å². The van der Waals surface area contributed by atoms with Crippen molar-refractivity contribution in [2.24, 2.45) is 0 Å². The van der Waals surface area contributed by atoms with Crippen molar-refractivity contribution < 1.29 is 19.4 Å². The van der Waals surface area contributed by atoms with E-state index in [-0.39, 0.29) is 0 Å². The van der Waals surface area contributed by atoms with Crippen LogP contribution in [0.5, 0.6) is 11.5 Å². The van der Waals surface area contributed by atoms with Crippen LogP contribution >= 0.6 is 0 Å². The van der Waals surface area contributed by atoms with Crippen molar-refractivity contribution in [2.75, 3.05) is 13.7 Å². The van der Waals surface area contributed by atoms with Crippen LogP contribution in [0.25, 0.3) is 0 Å². The van der Waals surface area contributed by atoms with Gasteiger partial charge in [0, 0.05) is 0 Å². The molecule has 0 aromatic heterocycles. The van der Waals surface area contributed by atoms with E-state index in [2.05, 4.69) is 0 Å². The van der Waals surface area contributed by atoms with Crippen molar-refractivity contribution in [3.63, 3.8) is 0 Å². The summed E-state index contributed by atoms with van der Waals surface area (Å²) >= 11 is 0. The molecular formula is C19H22O4. The molecule has 0 fully saturated rings. The summed E-state index contributed by atoms with van der Waals surface area (Å²) in [5.41, 5.74) is 1.94. The summed E-state index contributed by atoms with van der Waals surface area (Å²) in [5, 5.41) is 9.46. The summed E-state index contributed by atoms with van der Waals surface area (Å²) in [4.78, 5) is 11.5. The summed E-state index contributed by atoms with van der Waals surface area (Å²) in [7, 11) is 1.57. The van der Waals surface area contributed by atoms with Gasteiger partial charge in [0.05, 0.1) is 19.6 Å². The summed E-state index contributed by atoms with van der Waals surface area (Å²) in [5.74, 6) is 0.105. The largest absolute Gasteiger partial charge is 0.497 e. The molecule has 1 atom stereocenters. The van der Waals surface area contributed by atoms with Crippen LogP contribution in [0.4, 0.5) is 0 Å². The van der Waals surface area contributed by atoms with Crippen LogP contribution < -0.4 is 9.47 Å². The highest BCUT2D eigenvalue weighted by Crippen LogP contribution is 2.25. The fourth-order valence-electron chi connectivity index (χ4n) is 2.40. The molecule has 4 heteroatoms. The minimum Gasteiger partial charge on any atom is -0.497 e. The van der Waals surface area contributed by atoms with Gasteiger partial charge in [0.25, 0.3) is 0 Å². The SMILES string of the molecule is COc1cccc(C(CCCOc2ccc(C)cc2)C(=O)O)c1. The molecule has 0 amide bonds. The minimum atomic E-state index is -0.825. The lowest BCUT2D eigenvalue weighted by Gasteiger charge is -2.14. The Balaban J connectivity index is 1.89. The molecule has 0 spiro atoms. The molecule has 0 saturated heterocycles. The van der Waals surface area contributed by atoms with Crippen molar-refractivity contribution >= 4 is 5.97 Å². The number of methoxy groups -OCH3 is 1. The monoisotopic (exact) mass is 314 g/mol. The molecule has 0 radical (unpaired) electrons. The molecule has 0 aliphatic carbocycles. The predicted octanol–water partition coefficient (Wildman–Crippen LogP) is 4.03. The summed E-state index contributed by atoms with van der Waals surface area (Å²) in [6.45, 7) is 2.52. The molecule has 0 aliphatic heterocycles. The topological polar surface area (TPSA) is 55.8 Å². The first kappa shape index (κ1) is 16.9. The highest BCUT2D eigenvalue weighted by molar-refractivity contribution is 5.76. The molecule has 0 bridgehead atoms. The van der Waals surface area contributed by atoms with Gasteiger partial charge in [0.2, 0.25) is 0 Å². The molecule has 0 heterocycles. The Morgan fingerprint density at radius 1 is 1.13 bits per heavy atom. The lowest BCUT2D eigenvalue weighted by molar-refractivity contribution is -0.139. The molecule has 1 N–H and O–H groups in total. The quantitative estimate of drug-likeness (QED) is 0.747. The normalized spacial score (nSPS) is 11.7. The molecule has 122 valence electrons. The smallest absolute Gasteiger partial charge is 0.310 e. The molecule has 2 aromatic carbocycles. The fourth-order valence-corrected chi connectivity index (χ4v) is 2.40. The maximum Gasteiger partial charge on any atom is 0.310 e. The van der Waals surface area contributed by atoms with Crippen LogP contribution in [0.15, 0.2) is 48.5 Å². The predicted molar refractivity (Wildman–Crippen MR) is 89.3 cm³/mol. The molecule has 0 saturated carbocycles. The Morgan fingerprint density at radius 3 is 2.52 bits per heavy atom. The summed E-state index contributed by atoms with van der Waals surface area (Å²) in [6, 6.07) is 15.0. The Hall–Kier alpha value is -2.49. The molecule has 23 heavy (non-hydrogen) atoms. The van der Waals surface area contributed by atoms with E-state index in [1.165, 1.54) is 5.56 Å². The van der Waals surface area contributed by atoms with Crippen LogP contribution in [-0.2, 0) is 4.79 Å². The van der Waals surface area contributed by atoms with Gasteiger partial charge in [0.1, 0.15) is 11.5 Å². The second-order valence-corrected chi connectivity index (χ2v) is 5.47. The number of carbonyl (C=O) groups is 1. The number of carboxylic acids is 1. The maximum atomic E-state index is 11.5.